The monoisotopic (exact) mass is 464 g/mol. The summed E-state index contributed by atoms with van der Waals surface area (Å²) in [6.07, 6.45) is 5.56. The smallest absolute Gasteiger partial charge is 0.256 e. The number of carbonyl (C=O) groups excluding carboxylic acids is 2. The molecule has 1 unspecified atom stereocenters. The minimum atomic E-state index is -0.557. The first-order valence-electron chi connectivity index (χ1n) is 12.1. The number of aromatic amines is 1. The van der Waals surface area contributed by atoms with Gasteiger partial charge in [-0.05, 0) is 62.7 Å². The lowest BCUT2D eigenvalue weighted by atomic mass is 10.0. The molecule has 2 aromatic rings. The van der Waals surface area contributed by atoms with E-state index in [1.165, 1.54) is 19.3 Å². The molecule has 180 valence electrons. The minimum Gasteiger partial charge on any atom is -0.497 e. The van der Waals surface area contributed by atoms with Crippen molar-refractivity contribution in [1.82, 2.24) is 14.8 Å². The lowest BCUT2D eigenvalue weighted by Gasteiger charge is -2.32. The number of hydrogen-bond acceptors (Lipinski definition) is 5. The summed E-state index contributed by atoms with van der Waals surface area (Å²) in [5.74, 6) is 0.442. The molecule has 1 aromatic heterocycles. The molecule has 0 bridgehead atoms. The number of aliphatic hydroxyl groups excluding tert-OH is 1. The summed E-state index contributed by atoms with van der Waals surface area (Å²) in [5, 5.41) is 13.5. The Kier molecular flexibility index (Phi) is 6.18. The Labute approximate surface area is 199 Å². The number of rotatable bonds is 6. The normalized spacial score (nSPS) is 20.3. The van der Waals surface area contributed by atoms with Crippen molar-refractivity contribution in [3.05, 3.63) is 46.3 Å². The fourth-order valence-electron chi connectivity index (χ4n) is 5.32. The zero-order valence-corrected chi connectivity index (χ0v) is 19.8. The minimum absolute atomic E-state index is 0.0599. The topological polar surface area (TPSA) is 97.9 Å². The van der Waals surface area contributed by atoms with Gasteiger partial charge in [0, 0.05) is 48.7 Å². The number of hydrogen-bond donors (Lipinski definition) is 3. The van der Waals surface area contributed by atoms with Crippen molar-refractivity contribution < 1.29 is 19.4 Å². The molecule has 3 N–H and O–H groups in total. The predicted molar refractivity (Wildman–Crippen MR) is 131 cm³/mol. The molecule has 3 aliphatic rings. The average molecular weight is 465 g/mol. The molecule has 0 radical (unpaired) electrons. The van der Waals surface area contributed by atoms with E-state index in [9.17, 15) is 14.7 Å². The summed E-state index contributed by atoms with van der Waals surface area (Å²) in [4.78, 5) is 33.4. The number of nitrogens with zero attached hydrogens (tertiary/aromatic N) is 2. The zero-order valence-electron chi connectivity index (χ0n) is 19.8. The van der Waals surface area contributed by atoms with E-state index in [0.717, 1.165) is 41.3 Å². The Morgan fingerprint density at radius 3 is 2.71 bits per heavy atom. The van der Waals surface area contributed by atoms with Crippen LogP contribution in [0, 0.1) is 6.92 Å². The van der Waals surface area contributed by atoms with Gasteiger partial charge in [-0.15, -0.1) is 0 Å². The summed E-state index contributed by atoms with van der Waals surface area (Å²) in [5.41, 5.74) is 5.20. The Morgan fingerprint density at radius 2 is 1.94 bits per heavy atom. The second kappa shape index (κ2) is 9.27. The van der Waals surface area contributed by atoms with Gasteiger partial charge < -0.3 is 29.9 Å². The second-order valence-corrected chi connectivity index (χ2v) is 9.46. The Morgan fingerprint density at radius 1 is 1.15 bits per heavy atom. The van der Waals surface area contributed by atoms with Crippen LogP contribution in [-0.2, 0) is 11.2 Å². The summed E-state index contributed by atoms with van der Waals surface area (Å²) in [6, 6.07) is 5.48. The molecule has 2 amide bonds. The van der Waals surface area contributed by atoms with Crippen LogP contribution in [0.3, 0.4) is 0 Å². The lowest BCUT2D eigenvalue weighted by Crippen LogP contribution is -2.46. The van der Waals surface area contributed by atoms with Crippen LogP contribution in [0.4, 0.5) is 5.69 Å². The number of H-pyrrole nitrogens is 1. The molecule has 5 rings (SSSR count). The molecule has 1 aromatic carbocycles. The van der Waals surface area contributed by atoms with E-state index in [1.54, 1.807) is 12.0 Å². The van der Waals surface area contributed by atoms with Crippen molar-refractivity contribution in [3.63, 3.8) is 0 Å². The van der Waals surface area contributed by atoms with Crippen molar-refractivity contribution in [2.75, 3.05) is 45.2 Å². The number of likely N-dealkylation sites (tertiary alicyclic amines) is 1. The molecule has 8 heteroatoms. The first-order chi connectivity index (χ1) is 16.4. The molecule has 1 saturated heterocycles. The average Bonchev–Trinajstić information content (AvgIpc) is 3.32. The molecular weight excluding hydrogens is 432 g/mol. The number of β-amino-alcohol motifs (C(OH)–C–C–N with tert-alkyl or cyclic N) is 1. The van der Waals surface area contributed by atoms with Gasteiger partial charge in [-0.25, -0.2) is 0 Å². The molecule has 1 fully saturated rings. The summed E-state index contributed by atoms with van der Waals surface area (Å²) < 4.78 is 5.32. The number of fused-ring (bicyclic) bond motifs is 2. The largest absolute Gasteiger partial charge is 0.497 e. The van der Waals surface area contributed by atoms with Crippen LogP contribution >= 0.6 is 0 Å². The van der Waals surface area contributed by atoms with Gasteiger partial charge in [0.15, 0.2) is 0 Å². The maximum Gasteiger partial charge on any atom is 0.256 e. The first-order valence-corrected chi connectivity index (χ1v) is 12.1. The number of benzene rings is 1. The van der Waals surface area contributed by atoms with E-state index in [1.807, 2.05) is 31.2 Å². The van der Waals surface area contributed by atoms with Crippen LogP contribution in [0.5, 0.6) is 5.75 Å². The molecule has 3 aliphatic heterocycles. The highest BCUT2D eigenvalue weighted by atomic mass is 16.5. The molecule has 0 saturated carbocycles. The zero-order chi connectivity index (χ0) is 23.8. The van der Waals surface area contributed by atoms with Gasteiger partial charge in [0.25, 0.3) is 11.8 Å². The predicted octanol–water partition coefficient (Wildman–Crippen LogP) is 2.67. The SMILES string of the molecule is COc1ccc2c(c1)/C(=C/c1[nH]c3c(c1C)C(=O)N(CC(O)CN1CCCCC1)CC3)C(=O)N2. The standard InChI is InChI=1S/C26H32N4O4/c1-16-23(13-20-19-12-18(34-2)6-7-21(19)28-25(20)32)27-22-8-11-30(26(33)24(16)22)15-17(31)14-29-9-4-3-5-10-29/h6-7,12-13,17,27,31H,3-5,8-11,14-15H2,1-2H3,(H,28,32)/b20-13-. The highest BCUT2D eigenvalue weighted by Crippen LogP contribution is 2.36. The van der Waals surface area contributed by atoms with E-state index in [4.69, 9.17) is 4.74 Å². The molecule has 8 nitrogen and oxygen atoms in total. The van der Waals surface area contributed by atoms with Crippen molar-refractivity contribution >= 4 is 29.2 Å². The number of aliphatic hydroxyl groups is 1. The molecule has 1 atom stereocenters. The number of carbonyl (C=O) groups is 2. The van der Waals surface area contributed by atoms with Crippen molar-refractivity contribution in [1.29, 1.82) is 0 Å². The maximum absolute atomic E-state index is 13.3. The van der Waals surface area contributed by atoms with Gasteiger partial charge in [-0.1, -0.05) is 6.42 Å². The third-order valence-electron chi connectivity index (χ3n) is 7.15. The van der Waals surface area contributed by atoms with Gasteiger partial charge in [-0.2, -0.15) is 0 Å². The number of methoxy groups -OCH3 is 1. The Hall–Kier alpha value is -3.10. The van der Waals surface area contributed by atoms with Crippen LogP contribution in [0.1, 0.15) is 52.1 Å². The van der Waals surface area contributed by atoms with Gasteiger partial charge >= 0.3 is 0 Å². The van der Waals surface area contributed by atoms with E-state index in [-0.39, 0.29) is 11.8 Å². The summed E-state index contributed by atoms with van der Waals surface area (Å²) in [6.45, 7) is 5.47. The van der Waals surface area contributed by atoms with E-state index in [2.05, 4.69) is 15.2 Å². The molecular formula is C26H32N4O4. The molecule has 0 spiro atoms. The van der Waals surface area contributed by atoms with Gasteiger partial charge in [0.05, 0.1) is 24.4 Å². The number of anilines is 1. The Balaban J connectivity index is 1.36. The number of amides is 2. The van der Waals surface area contributed by atoms with Crippen molar-refractivity contribution in [2.45, 2.75) is 38.7 Å². The quantitative estimate of drug-likeness (QED) is 0.571. The third kappa shape index (κ3) is 4.23. The van der Waals surface area contributed by atoms with Crippen LogP contribution in [0.25, 0.3) is 11.6 Å². The van der Waals surface area contributed by atoms with E-state index < -0.39 is 6.10 Å². The Bertz CT molecular complexity index is 1150. The first kappa shape index (κ1) is 22.7. The second-order valence-electron chi connectivity index (χ2n) is 9.46. The summed E-state index contributed by atoms with van der Waals surface area (Å²) in [7, 11) is 1.60. The van der Waals surface area contributed by atoms with E-state index >= 15 is 0 Å². The van der Waals surface area contributed by atoms with Crippen LogP contribution in [0.15, 0.2) is 18.2 Å². The lowest BCUT2D eigenvalue weighted by molar-refractivity contribution is -0.110. The number of piperidine rings is 1. The van der Waals surface area contributed by atoms with Gasteiger partial charge in [0.2, 0.25) is 0 Å². The third-order valence-corrected chi connectivity index (χ3v) is 7.15. The highest BCUT2D eigenvalue weighted by molar-refractivity contribution is 6.35. The fraction of sp³-hybridized carbons (Fsp3) is 0.462. The van der Waals surface area contributed by atoms with Crippen LogP contribution < -0.4 is 10.1 Å². The van der Waals surface area contributed by atoms with Crippen molar-refractivity contribution in [3.8, 4) is 5.75 Å². The van der Waals surface area contributed by atoms with Gasteiger partial charge in [-0.3, -0.25) is 9.59 Å². The number of nitrogens with one attached hydrogen (secondary N) is 2. The fourth-order valence-corrected chi connectivity index (χ4v) is 5.32. The van der Waals surface area contributed by atoms with Crippen LogP contribution in [-0.4, -0.2) is 77.6 Å². The van der Waals surface area contributed by atoms with Gasteiger partial charge in [0.1, 0.15) is 5.75 Å². The molecule has 34 heavy (non-hydrogen) atoms. The molecule has 4 heterocycles. The number of aromatic nitrogens is 1. The molecule has 0 aliphatic carbocycles. The summed E-state index contributed by atoms with van der Waals surface area (Å²) >= 11 is 0. The maximum atomic E-state index is 13.3. The highest BCUT2D eigenvalue weighted by Gasteiger charge is 2.32. The number of ether oxygens (including phenoxy) is 1. The van der Waals surface area contributed by atoms with E-state index in [0.29, 0.717) is 42.9 Å². The van der Waals surface area contributed by atoms with Crippen molar-refractivity contribution in [2.24, 2.45) is 0 Å². The van der Waals surface area contributed by atoms with Crippen LogP contribution in [0.2, 0.25) is 0 Å².